The molecular weight excluding hydrogens is 246 g/mol. The second-order valence-electron chi connectivity index (χ2n) is 4.73. The molecule has 1 heterocycles. The Hall–Kier alpha value is -1.95. The molecule has 6 heteroatoms. The molecule has 0 spiro atoms. The fraction of sp³-hybridized carbons (Fsp3) is 0.462. The third-order valence-corrected chi connectivity index (χ3v) is 3.49. The lowest BCUT2D eigenvalue weighted by molar-refractivity contribution is -0.384. The van der Waals surface area contributed by atoms with Crippen LogP contribution in [0.4, 0.5) is 11.4 Å². The summed E-state index contributed by atoms with van der Waals surface area (Å²) in [7, 11) is 0. The third-order valence-electron chi connectivity index (χ3n) is 3.49. The Morgan fingerprint density at radius 3 is 2.79 bits per heavy atom. The molecule has 1 saturated heterocycles. The Balaban J connectivity index is 2.39. The van der Waals surface area contributed by atoms with Crippen LogP contribution in [0.5, 0.6) is 0 Å². The highest BCUT2D eigenvalue weighted by Crippen LogP contribution is 2.31. The molecule has 0 aliphatic carbocycles. The normalized spacial score (nSPS) is 18.9. The van der Waals surface area contributed by atoms with E-state index in [0.717, 1.165) is 12.0 Å². The van der Waals surface area contributed by atoms with Gasteiger partial charge in [0.05, 0.1) is 10.6 Å². The largest absolute Gasteiger partial charge is 0.330 e. The maximum Gasteiger partial charge on any atom is 0.271 e. The fourth-order valence-electron chi connectivity index (χ4n) is 2.39. The summed E-state index contributed by atoms with van der Waals surface area (Å²) in [4.78, 5) is 24.0. The highest BCUT2D eigenvalue weighted by molar-refractivity contribution is 5.96. The van der Waals surface area contributed by atoms with E-state index in [-0.39, 0.29) is 17.5 Å². The second kappa shape index (κ2) is 5.36. The van der Waals surface area contributed by atoms with Gasteiger partial charge in [0.15, 0.2) is 0 Å². The maximum atomic E-state index is 12.0. The van der Waals surface area contributed by atoms with Crippen LogP contribution < -0.4 is 10.6 Å². The molecule has 2 N–H and O–H groups in total. The van der Waals surface area contributed by atoms with Crippen LogP contribution >= 0.6 is 0 Å². The maximum absolute atomic E-state index is 12.0. The van der Waals surface area contributed by atoms with E-state index in [1.807, 2.05) is 6.92 Å². The van der Waals surface area contributed by atoms with Crippen molar-refractivity contribution in [2.45, 2.75) is 19.8 Å². The van der Waals surface area contributed by atoms with Gasteiger partial charge in [-0.25, -0.2) is 0 Å². The van der Waals surface area contributed by atoms with Gasteiger partial charge in [-0.2, -0.15) is 0 Å². The number of hydrogen-bond donors (Lipinski definition) is 1. The zero-order valence-electron chi connectivity index (χ0n) is 10.8. The Bertz CT molecular complexity index is 516. The van der Waals surface area contributed by atoms with Crippen molar-refractivity contribution in [1.82, 2.24) is 0 Å². The fourth-order valence-corrected chi connectivity index (χ4v) is 2.39. The first-order valence-electron chi connectivity index (χ1n) is 6.34. The number of aryl methyl sites for hydroxylation is 1. The van der Waals surface area contributed by atoms with E-state index >= 15 is 0 Å². The Labute approximate surface area is 111 Å². The summed E-state index contributed by atoms with van der Waals surface area (Å²) in [5.41, 5.74) is 7.20. The minimum Gasteiger partial charge on any atom is -0.330 e. The van der Waals surface area contributed by atoms with Crippen LogP contribution in [0.3, 0.4) is 0 Å². The summed E-state index contributed by atoms with van der Waals surface area (Å²) in [6, 6.07) is 4.68. The highest BCUT2D eigenvalue weighted by atomic mass is 16.6. The molecule has 1 unspecified atom stereocenters. The number of nitrogens with zero attached hydrogens (tertiary/aromatic N) is 2. The van der Waals surface area contributed by atoms with Gasteiger partial charge >= 0.3 is 0 Å². The van der Waals surface area contributed by atoms with Crippen LogP contribution in [-0.4, -0.2) is 23.9 Å². The van der Waals surface area contributed by atoms with Gasteiger partial charge < -0.3 is 10.6 Å². The van der Waals surface area contributed by atoms with E-state index in [4.69, 9.17) is 5.73 Å². The van der Waals surface area contributed by atoms with Gasteiger partial charge in [-0.3, -0.25) is 14.9 Å². The highest BCUT2D eigenvalue weighted by Gasteiger charge is 2.31. The second-order valence-corrected chi connectivity index (χ2v) is 4.73. The number of hydrogen-bond acceptors (Lipinski definition) is 4. The predicted octanol–water partition coefficient (Wildman–Crippen LogP) is 1.47. The van der Waals surface area contributed by atoms with Crippen LogP contribution in [-0.2, 0) is 11.2 Å². The predicted molar refractivity (Wildman–Crippen MR) is 72.0 cm³/mol. The Morgan fingerprint density at radius 2 is 2.26 bits per heavy atom. The van der Waals surface area contributed by atoms with Gasteiger partial charge in [0.1, 0.15) is 0 Å². The minimum atomic E-state index is -0.441. The summed E-state index contributed by atoms with van der Waals surface area (Å²) in [5, 5.41) is 10.9. The zero-order chi connectivity index (χ0) is 14.0. The van der Waals surface area contributed by atoms with Crippen LogP contribution in [0.25, 0.3) is 0 Å². The number of non-ortho nitro benzene ring substituents is 1. The van der Waals surface area contributed by atoms with Gasteiger partial charge in [0.25, 0.3) is 5.69 Å². The minimum absolute atomic E-state index is 0.00866. The Morgan fingerprint density at radius 1 is 1.53 bits per heavy atom. The molecule has 1 aromatic rings. The molecule has 102 valence electrons. The van der Waals surface area contributed by atoms with E-state index in [2.05, 4.69) is 0 Å². The molecule has 1 amide bonds. The number of benzene rings is 1. The number of anilines is 1. The van der Waals surface area contributed by atoms with Crippen molar-refractivity contribution in [2.24, 2.45) is 11.7 Å². The van der Waals surface area contributed by atoms with E-state index in [9.17, 15) is 14.9 Å². The van der Waals surface area contributed by atoms with E-state index < -0.39 is 4.92 Å². The molecule has 0 radical (unpaired) electrons. The molecule has 19 heavy (non-hydrogen) atoms. The zero-order valence-corrected chi connectivity index (χ0v) is 10.8. The van der Waals surface area contributed by atoms with Crippen molar-refractivity contribution in [3.05, 3.63) is 33.9 Å². The van der Waals surface area contributed by atoms with Crippen LogP contribution in [0, 0.1) is 16.0 Å². The first-order chi connectivity index (χ1) is 9.06. The van der Waals surface area contributed by atoms with Crippen molar-refractivity contribution < 1.29 is 9.72 Å². The number of nitro benzene ring substituents is 1. The molecule has 1 aliphatic rings. The van der Waals surface area contributed by atoms with E-state index in [1.54, 1.807) is 11.0 Å². The molecular formula is C13H17N3O3. The molecule has 1 atom stereocenters. The summed E-state index contributed by atoms with van der Waals surface area (Å²) in [5.74, 6) is 0.127. The Kier molecular flexibility index (Phi) is 3.80. The van der Waals surface area contributed by atoms with Crippen molar-refractivity contribution in [1.29, 1.82) is 0 Å². The average Bonchev–Trinajstić information content (AvgIpc) is 2.79. The number of carbonyl (C=O) groups is 1. The molecule has 1 aliphatic heterocycles. The van der Waals surface area contributed by atoms with Gasteiger partial charge in [-0.15, -0.1) is 0 Å². The summed E-state index contributed by atoms with van der Waals surface area (Å²) >= 11 is 0. The first-order valence-corrected chi connectivity index (χ1v) is 6.34. The summed E-state index contributed by atoms with van der Waals surface area (Å²) in [6.07, 6.45) is 1.15. The lowest BCUT2D eigenvalue weighted by Crippen LogP contribution is -2.26. The molecule has 1 fully saturated rings. The van der Waals surface area contributed by atoms with E-state index in [0.29, 0.717) is 25.2 Å². The van der Waals surface area contributed by atoms with E-state index in [1.165, 1.54) is 12.1 Å². The monoisotopic (exact) mass is 263 g/mol. The number of rotatable bonds is 4. The quantitative estimate of drug-likeness (QED) is 0.658. The molecule has 0 saturated carbocycles. The number of nitro groups is 1. The van der Waals surface area contributed by atoms with Gasteiger partial charge in [-0.1, -0.05) is 13.0 Å². The lowest BCUT2D eigenvalue weighted by atomic mass is 10.1. The third kappa shape index (κ3) is 2.58. The van der Waals surface area contributed by atoms with Crippen LogP contribution in [0.15, 0.2) is 18.2 Å². The summed E-state index contributed by atoms with van der Waals surface area (Å²) < 4.78 is 0. The van der Waals surface area contributed by atoms with Crippen LogP contribution in [0.2, 0.25) is 0 Å². The first kappa shape index (κ1) is 13.5. The number of nitrogens with two attached hydrogens (primary N) is 1. The van der Waals surface area contributed by atoms with Crippen molar-refractivity contribution in [2.75, 3.05) is 18.0 Å². The van der Waals surface area contributed by atoms with Crippen molar-refractivity contribution in [3.8, 4) is 0 Å². The molecule has 0 aromatic heterocycles. The van der Waals surface area contributed by atoms with Gasteiger partial charge in [0, 0.05) is 25.1 Å². The molecule has 2 rings (SSSR count). The molecule has 0 bridgehead atoms. The SMILES string of the molecule is CCc1ccc([N+](=O)[O-])cc1N1CC(CN)CC1=O. The lowest BCUT2D eigenvalue weighted by Gasteiger charge is -2.19. The smallest absolute Gasteiger partial charge is 0.271 e. The van der Waals surface area contributed by atoms with Gasteiger partial charge in [-0.05, 0) is 24.4 Å². The molecule has 6 nitrogen and oxygen atoms in total. The average molecular weight is 263 g/mol. The topological polar surface area (TPSA) is 89.5 Å². The summed E-state index contributed by atoms with van der Waals surface area (Å²) in [6.45, 7) is 2.97. The number of amides is 1. The molecule has 1 aromatic carbocycles. The standard InChI is InChI=1S/C13H17N3O3/c1-2-10-3-4-11(16(18)19)6-12(10)15-8-9(7-14)5-13(15)17/h3-4,6,9H,2,5,7-8,14H2,1H3. The van der Waals surface area contributed by atoms with Gasteiger partial charge in [0.2, 0.25) is 5.91 Å². The van der Waals surface area contributed by atoms with Crippen LogP contribution in [0.1, 0.15) is 18.9 Å². The van der Waals surface area contributed by atoms with Crippen molar-refractivity contribution >= 4 is 17.3 Å². The van der Waals surface area contributed by atoms with Crippen molar-refractivity contribution in [3.63, 3.8) is 0 Å². The number of carbonyl (C=O) groups excluding carboxylic acids is 1.